The van der Waals surface area contributed by atoms with Gasteiger partial charge in [0.05, 0.1) is 27.2 Å². The average Bonchev–Trinajstić information content (AvgIpc) is 2.30. The number of rotatable bonds is 2. The van der Waals surface area contributed by atoms with Crippen LogP contribution < -0.4 is 0 Å². The number of nitrogens with zero attached hydrogens (tertiary/aromatic N) is 2. The van der Waals surface area contributed by atoms with E-state index in [1.165, 1.54) is 19.3 Å². The van der Waals surface area contributed by atoms with Gasteiger partial charge in [0.25, 0.3) is 0 Å². The molecule has 0 aromatic carbocycles. The van der Waals surface area contributed by atoms with Crippen LogP contribution >= 0.6 is 0 Å². The average molecular weight is 171 g/mol. The Hall–Kier alpha value is -0.0800. The van der Waals surface area contributed by atoms with Crippen molar-refractivity contribution in [1.82, 2.24) is 4.90 Å². The zero-order chi connectivity index (χ0) is 9.35. The summed E-state index contributed by atoms with van der Waals surface area (Å²) in [4.78, 5) is 2.39. The number of quaternary nitrogens is 1. The highest BCUT2D eigenvalue weighted by Crippen LogP contribution is 2.28. The molecule has 0 aromatic heterocycles. The summed E-state index contributed by atoms with van der Waals surface area (Å²) in [7, 11) is 11.3. The lowest BCUT2D eigenvalue weighted by molar-refractivity contribution is -0.897. The molecular formula is C10H23N2+. The van der Waals surface area contributed by atoms with E-state index in [1.807, 2.05) is 0 Å². The van der Waals surface area contributed by atoms with E-state index in [1.54, 1.807) is 0 Å². The lowest BCUT2D eigenvalue weighted by atomic mass is 10.1. The second-order valence-electron chi connectivity index (χ2n) is 5.15. The van der Waals surface area contributed by atoms with Gasteiger partial charge in [0, 0.05) is 6.42 Å². The molecule has 0 N–H and O–H groups in total. The highest BCUT2D eigenvalue weighted by Gasteiger charge is 2.37. The minimum Gasteiger partial charge on any atom is -0.327 e. The van der Waals surface area contributed by atoms with Crippen molar-refractivity contribution in [2.75, 3.05) is 35.2 Å². The third-order valence-electron chi connectivity index (χ3n) is 3.10. The zero-order valence-corrected chi connectivity index (χ0v) is 9.17. The van der Waals surface area contributed by atoms with E-state index < -0.39 is 0 Å². The summed E-state index contributed by atoms with van der Waals surface area (Å²) < 4.78 is 1.11. The van der Waals surface area contributed by atoms with E-state index in [2.05, 4.69) is 40.1 Å². The van der Waals surface area contributed by atoms with E-state index in [9.17, 15) is 0 Å². The monoisotopic (exact) mass is 171 g/mol. The van der Waals surface area contributed by atoms with Crippen LogP contribution in [0.5, 0.6) is 0 Å². The van der Waals surface area contributed by atoms with E-state index in [4.69, 9.17) is 0 Å². The van der Waals surface area contributed by atoms with Crippen LogP contribution in [-0.2, 0) is 0 Å². The molecule has 2 nitrogen and oxygen atoms in total. The van der Waals surface area contributed by atoms with Crippen molar-refractivity contribution in [2.45, 2.75) is 31.3 Å². The molecule has 1 saturated carbocycles. The minimum atomic E-state index is 0.796. The molecule has 0 amide bonds. The van der Waals surface area contributed by atoms with E-state index in [0.29, 0.717) is 0 Å². The van der Waals surface area contributed by atoms with Crippen molar-refractivity contribution in [3.05, 3.63) is 0 Å². The fourth-order valence-electron chi connectivity index (χ4n) is 2.43. The Labute approximate surface area is 76.7 Å². The van der Waals surface area contributed by atoms with Crippen LogP contribution in [0.3, 0.4) is 0 Å². The van der Waals surface area contributed by atoms with Crippen molar-refractivity contribution >= 4 is 0 Å². The van der Waals surface area contributed by atoms with Gasteiger partial charge in [-0.05, 0) is 26.9 Å². The van der Waals surface area contributed by atoms with Gasteiger partial charge in [0.2, 0.25) is 0 Å². The predicted octanol–water partition coefficient (Wildman–Crippen LogP) is 1.18. The third-order valence-corrected chi connectivity index (χ3v) is 3.10. The molecule has 0 radical (unpaired) electrons. The van der Waals surface area contributed by atoms with Crippen LogP contribution in [0, 0.1) is 0 Å². The third kappa shape index (κ3) is 1.99. The van der Waals surface area contributed by atoms with Gasteiger partial charge < -0.3 is 9.38 Å². The molecule has 2 heteroatoms. The Morgan fingerprint density at radius 2 is 1.67 bits per heavy atom. The minimum absolute atomic E-state index is 0.796. The molecule has 0 bridgehead atoms. The molecule has 72 valence electrons. The number of hydrogen-bond acceptors (Lipinski definition) is 1. The maximum atomic E-state index is 2.39. The van der Waals surface area contributed by atoms with Gasteiger partial charge in [-0.2, -0.15) is 0 Å². The maximum Gasteiger partial charge on any atom is 0.104 e. The van der Waals surface area contributed by atoms with E-state index in [0.717, 1.165) is 16.6 Å². The second-order valence-corrected chi connectivity index (χ2v) is 5.15. The van der Waals surface area contributed by atoms with Gasteiger partial charge in [0.15, 0.2) is 0 Å². The summed E-state index contributed by atoms with van der Waals surface area (Å²) in [5.74, 6) is 0. The van der Waals surface area contributed by atoms with E-state index in [-0.39, 0.29) is 0 Å². The SMILES string of the molecule is CN(C)[C@@H]1CCC[C@@H]1[N+](C)(C)C. The normalized spacial score (nSPS) is 31.5. The molecule has 1 rings (SSSR count). The Kier molecular flexibility index (Phi) is 2.79. The van der Waals surface area contributed by atoms with Gasteiger partial charge in [-0.1, -0.05) is 0 Å². The lowest BCUT2D eigenvalue weighted by Gasteiger charge is -2.37. The molecule has 0 aliphatic heterocycles. The molecule has 0 aromatic rings. The van der Waals surface area contributed by atoms with Gasteiger partial charge >= 0.3 is 0 Å². The Balaban J connectivity index is 2.64. The summed E-state index contributed by atoms with van der Waals surface area (Å²) in [5, 5.41) is 0. The molecule has 1 aliphatic rings. The Morgan fingerprint density at radius 3 is 2.00 bits per heavy atom. The first kappa shape index (κ1) is 10.0. The molecule has 0 heterocycles. The highest BCUT2D eigenvalue weighted by molar-refractivity contribution is 4.83. The summed E-state index contributed by atoms with van der Waals surface area (Å²) >= 11 is 0. The van der Waals surface area contributed by atoms with Gasteiger partial charge in [0.1, 0.15) is 6.04 Å². The predicted molar refractivity (Wildman–Crippen MR) is 53.1 cm³/mol. The summed E-state index contributed by atoms with van der Waals surface area (Å²) in [5.41, 5.74) is 0. The molecule has 0 saturated heterocycles. The fourth-order valence-corrected chi connectivity index (χ4v) is 2.43. The van der Waals surface area contributed by atoms with Crippen LogP contribution in [0.25, 0.3) is 0 Å². The number of likely N-dealkylation sites (N-methyl/N-ethyl adjacent to an activating group) is 2. The zero-order valence-electron chi connectivity index (χ0n) is 9.17. The molecule has 2 atom stereocenters. The second kappa shape index (κ2) is 3.35. The van der Waals surface area contributed by atoms with Gasteiger partial charge in [-0.25, -0.2) is 0 Å². The first-order valence-corrected chi connectivity index (χ1v) is 4.90. The summed E-state index contributed by atoms with van der Waals surface area (Å²) in [6.45, 7) is 0. The molecule has 0 spiro atoms. The summed E-state index contributed by atoms with van der Waals surface area (Å²) in [6.07, 6.45) is 4.18. The smallest absolute Gasteiger partial charge is 0.104 e. The quantitative estimate of drug-likeness (QED) is 0.564. The summed E-state index contributed by atoms with van der Waals surface area (Å²) in [6, 6.07) is 1.63. The molecule has 1 fully saturated rings. The number of hydrogen-bond donors (Lipinski definition) is 0. The first-order chi connectivity index (χ1) is 5.43. The lowest BCUT2D eigenvalue weighted by Crippen LogP contribution is -2.53. The van der Waals surface area contributed by atoms with Crippen LogP contribution in [0.15, 0.2) is 0 Å². The van der Waals surface area contributed by atoms with Crippen LogP contribution in [0.2, 0.25) is 0 Å². The largest absolute Gasteiger partial charge is 0.327 e. The molecular weight excluding hydrogens is 148 g/mol. The van der Waals surface area contributed by atoms with Crippen LogP contribution in [-0.4, -0.2) is 56.7 Å². The first-order valence-electron chi connectivity index (χ1n) is 4.90. The van der Waals surface area contributed by atoms with Crippen molar-refractivity contribution in [1.29, 1.82) is 0 Å². The standard InChI is InChI=1S/C10H23N2/c1-11(2)9-7-6-8-10(9)12(3,4)5/h9-10H,6-8H2,1-5H3/q+1/t9-,10+/m1/s1. The van der Waals surface area contributed by atoms with Gasteiger partial charge in [-0.15, -0.1) is 0 Å². The van der Waals surface area contributed by atoms with Crippen molar-refractivity contribution in [2.24, 2.45) is 0 Å². The Morgan fingerprint density at radius 1 is 1.08 bits per heavy atom. The molecule has 0 unspecified atom stereocenters. The molecule has 1 aliphatic carbocycles. The molecule has 12 heavy (non-hydrogen) atoms. The maximum absolute atomic E-state index is 2.39. The van der Waals surface area contributed by atoms with Gasteiger partial charge in [-0.3, -0.25) is 0 Å². The van der Waals surface area contributed by atoms with Crippen LogP contribution in [0.1, 0.15) is 19.3 Å². The van der Waals surface area contributed by atoms with Crippen molar-refractivity contribution < 1.29 is 4.48 Å². The van der Waals surface area contributed by atoms with Crippen LogP contribution in [0.4, 0.5) is 0 Å². The highest BCUT2D eigenvalue weighted by atomic mass is 15.3. The topological polar surface area (TPSA) is 3.24 Å². The van der Waals surface area contributed by atoms with Crippen molar-refractivity contribution in [3.8, 4) is 0 Å². The van der Waals surface area contributed by atoms with Crippen molar-refractivity contribution in [3.63, 3.8) is 0 Å². The Bertz CT molecular complexity index is 146. The van der Waals surface area contributed by atoms with E-state index >= 15 is 0 Å². The fraction of sp³-hybridized carbons (Fsp3) is 1.00.